The van der Waals surface area contributed by atoms with E-state index in [0.717, 1.165) is 32.7 Å². The fourth-order valence-corrected chi connectivity index (χ4v) is 3.81. The van der Waals surface area contributed by atoms with E-state index in [2.05, 4.69) is 12.2 Å². The van der Waals surface area contributed by atoms with Gasteiger partial charge in [-0.2, -0.15) is 0 Å². The first-order valence-corrected chi connectivity index (χ1v) is 8.30. The molecule has 4 nitrogen and oxygen atoms in total. The van der Waals surface area contributed by atoms with Crippen molar-refractivity contribution in [3.63, 3.8) is 0 Å². The van der Waals surface area contributed by atoms with Crippen LogP contribution in [0.5, 0.6) is 0 Å². The molecule has 2 unspecified atom stereocenters. The van der Waals surface area contributed by atoms with E-state index in [4.69, 9.17) is 4.74 Å². The Labute approximate surface area is 123 Å². The number of carbonyl (C=O) groups excluding carboxylic acids is 1. The van der Waals surface area contributed by atoms with Crippen LogP contribution in [0.3, 0.4) is 0 Å². The molecule has 0 aliphatic heterocycles. The number of rotatable bonds is 8. The summed E-state index contributed by atoms with van der Waals surface area (Å²) in [6.45, 7) is 9.41. The minimum absolute atomic E-state index is 0.269. The minimum Gasteiger partial charge on any atom is -0.378 e. The summed E-state index contributed by atoms with van der Waals surface area (Å²) in [5, 5.41) is 3.61. The monoisotopic (exact) mass is 282 g/mol. The Hall–Kier alpha value is -0.610. The van der Waals surface area contributed by atoms with Crippen molar-refractivity contribution in [2.24, 2.45) is 5.41 Å². The Morgan fingerprint density at radius 3 is 2.50 bits per heavy atom. The van der Waals surface area contributed by atoms with Crippen LogP contribution in [0.1, 0.15) is 52.9 Å². The lowest BCUT2D eigenvalue weighted by atomic mass is 9.51. The maximum absolute atomic E-state index is 12.0. The Morgan fingerprint density at radius 1 is 1.30 bits per heavy atom. The normalized spacial score (nSPS) is 26.9. The molecule has 2 aliphatic carbocycles. The molecule has 116 valence electrons. The van der Waals surface area contributed by atoms with E-state index in [0.29, 0.717) is 24.0 Å². The quantitative estimate of drug-likeness (QED) is 0.742. The number of hydrogen-bond donors (Lipinski definition) is 1. The molecule has 1 amide bonds. The average molecular weight is 282 g/mol. The van der Waals surface area contributed by atoms with Crippen LogP contribution in [-0.2, 0) is 9.53 Å². The van der Waals surface area contributed by atoms with Crippen LogP contribution in [0, 0.1) is 5.41 Å². The summed E-state index contributed by atoms with van der Waals surface area (Å²) in [7, 11) is 0. The Morgan fingerprint density at radius 2 is 2.00 bits per heavy atom. The second-order valence-electron chi connectivity index (χ2n) is 6.09. The van der Waals surface area contributed by atoms with Gasteiger partial charge in [0.05, 0.1) is 6.10 Å². The summed E-state index contributed by atoms with van der Waals surface area (Å²) in [5.74, 6) is 0.269. The first-order valence-electron chi connectivity index (χ1n) is 8.30. The van der Waals surface area contributed by atoms with Gasteiger partial charge in [-0.3, -0.25) is 4.79 Å². The highest BCUT2D eigenvalue weighted by Crippen LogP contribution is 2.57. The molecule has 0 aromatic rings. The zero-order valence-electron chi connectivity index (χ0n) is 13.3. The number of hydrogen-bond acceptors (Lipinski definition) is 3. The zero-order chi connectivity index (χ0) is 14.6. The molecular weight excluding hydrogens is 252 g/mol. The first-order chi connectivity index (χ1) is 9.67. The minimum atomic E-state index is 0.269. The van der Waals surface area contributed by atoms with Crippen molar-refractivity contribution in [2.75, 3.05) is 26.2 Å². The first kappa shape index (κ1) is 15.8. The third-order valence-electron chi connectivity index (χ3n) is 5.28. The molecule has 1 spiro atoms. The topological polar surface area (TPSA) is 41.6 Å². The van der Waals surface area contributed by atoms with Crippen molar-refractivity contribution in [3.8, 4) is 0 Å². The molecule has 0 saturated heterocycles. The smallest absolute Gasteiger partial charge is 0.223 e. The van der Waals surface area contributed by atoms with Gasteiger partial charge in [-0.05, 0) is 40.0 Å². The van der Waals surface area contributed by atoms with E-state index in [1.807, 2.05) is 18.7 Å². The molecule has 0 aromatic carbocycles. The van der Waals surface area contributed by atoms with E-state index in [1.54, 1.807) is 0 Å². The molecule has 0 radical (unpaired) electrons. The van der Waals surface area contributed by atoms with Crippen LogP contribution < -0.4 is 5.32 Å². The van der Waals surface area contributed by atoms with Crippen LogP contribution in [0.2, 0.25) is 0 Å². The number of ether oxygens (including phenoxy) is 1. The van der Waals surface area contributed by atoms with Gasteiger partial charge in [0, 0.05) is 44.1 Å². The highest BCUT2D eigenvalue weighted by Gasteiger charge is 2.58. The summed E-state index contributed by atoms with van der Waals surface area (Å²) in [6.07, 6.45) is 6.11. The Bertz CT molecular complexity index is 324. The van der Waals surface area contributed by atoms with E-state index < -0.39 is 0 Å². The number of nitrogens with zero attached hydrogens (tertiary/aromatic N) is 1. The molecule has 2 aliphatic rings. The molecule has 2 fully saturated rings. The van der Waals surface area contributed by atoms with Crippen LogP contribution in [0.4, 0.5) is 0 Å². The van der Waals surface area contributed by atoms with Crippen LogP contribution in [0.25, 0.3) is 0 Å². The Balaban J connectivity index is 1.71. The van der Waals surface area contributed by atoms with Crippen molar-refractivity contribution in [2.45, 2.75) is 65.0 Å². The van der Waals surface area contributed by atoms with Gasteiger partial charge >= 0.3 is 0 Å². The van der Waals surface area contributed by atoms with Crippen molar-refractivity contribution < 1.29 is 9.53 Å². The van der Waals surface area contributed by atoms with Crippen LogP contribution in [0.15, 0.2) is 0 Å². The van der Waals surface area contributed by atoms with Crippen LogP contribution >= 0.6 is 0 Å². The van der Waals surface area contributed by atoms with Crippen molar-refractivity contribution in [1.29, 1.82) is 0 Å². The average Bonchev–Trinajstić information content (AvgIpc) is 2.36. The summed E-state index contributed by atoms with van der Waals surface area (Å²) in [5.41, 5.74) is 0.397. The summed E-state index contributed by atoms with van der Waals surface area (Å²) < 4.78 is 5.85. The molecule has 0 bridgehead atoms. The maximum Gasteiger partial charge on any atom is 0.223 e. The standard InChI is InChI=1S/C16H30N2O2/c1-4-18(5-2)15(19)8-11-17-13-12-14(20-6-3)16(13)9-7-10-16/h13-14,17H,4-12H2,1-3H3. The van der Waals surface area contributed by atoms with E-state index in [9.17, 15) is 4.79 Å². The molecule has 0 aromatic heterocycles. The number of nitrogens with one attached hydrogen (secondary N) is 1. The molecule has 0 heterocycles. The number of carbonyl (C=O) groups is 1. The van der Waals surface area contributed by atoms with Crippen LogP contribution in [-0.4, -0.2) is 49.2 Å². The third-order valence-corrected chi connectivity index (χ3v) is 5.28. The SMILES string of the molecule is CCOC1CC(NCCC(=O)N(CC)CC)C12CCC2. The van der Waals surface area contributed by atoms with Gasteiger partial charge in [-0.1, -0.05) is 6.42 Å². The van der Waals surface area contributed by atoms with Gasteiger partial charge in [0.2, 0.25) is 5.91 Å². The molecule has 1 N–H and O–H groups in total. The lowest BCUT2D eigenvalue weighted by Crippen LogP contribution is -2.67. The third kappa shape index (κ3) is 2.86. The van der Waals surface area contributed by atoms with Gasteiger partial charge in [0.1, 0.15) is 0 Å². The summed E-state index contributed by atoms with van der Waals surface area (Å²) in [6, 6.07) is 0.567. The van der Waals surface area contributed by atoms with Gasteiger partial charge in [-0.15, -0.1) is 0 Å². The zero-order valence-corrected chi connectivity index (χ0v) is 13.3. The highest BCUT2D eigenvalue weighted by atomic mass is 16.5. The molecule has 2 saturated carbocycles. The molecule has 2 rings (SSSR count). The molecular formula is C16H30N2O2. The van der Waals surface area contributed by atoms with Gasteiger partial charge in [-0.25, -0.2) is 0 Å². The van der Waals surface area contributed by atoms with Crippen molar-refractivity contribution in [3.05, 3.63) is 0 Å². The molecule has 2 atom stereocenters. The fraction of sp³-hybridized carbons (Fsp3) is 0.938. The molecule has 20 heavy (non-hydrogen) atoms. The highest BCUT2D eigenvalue weighted by molar-refractivity contribution is 5.76. The van der Waals surface area contributed by atoms with E-state index >= 15 is 0 Å². The van der Waals surface area contributed by atoms with Crippen molar-refractivity contribution >= 4 is 5.91 Å². The van der Waals surface area contributed by atoms with E-state index in [1.165, 1.54) is 19.3 Å². The van der Waals surface area contributed by atoms with E-state index in [-0.39, 0.29) is 5.91 Å². The van der Waals surface area contributed by atoms with Crippen molar-refractivity contribution in [1.82, 2.24) is 10.2 Å². The predicted molar refractivity (Wildman–Crippen MR) is 80.7 cm³/mol. The molecule has 4 heteroatoms. The summed E-state index contributed by atoms with van der Waals surface area (Å²) in [4.78, 5) is 13.9. The largest absolute Gasteiger partial charge is 0.378 e. The fourth-order valence-electron chi connectivity index (χ4n) is 3.81. The Kier molecular flexibility index (Phi) is 5.44. The lowest BCUT2D eigenvalue weighted by molar-refractivity contribution is -0.172. The second kappa shape index (κ2) is 6.90. The summed E-state index contributed by atoms with van der Waals surface area (Å²) >= 11 is 0. The number of amides is 1. The maximum atomic E-state index is 12.0. The second-order valence-corrected chi connectivity index (χ2v) is 6.09. The lowest BCUT2D eigenvalue weighted by Gasteiger charge is -2.61. The van der Waals surface area contributed by atoms with Gasteiger partial charge in [0.25, 0.3) is 0 Å². The van der Waals surface area contributed by atoms with Gasteiger partial charge in [0.15, 0.2) is 0 Å². The van der Waals surface area contributed by atoms with Gasteiger partial charge < -0.3 is 15.0 Å². The predicted octanol–water partition coefficient (Wildman–Crippen LogP) is 2.18.